The molecule has 1 atom stereocenters. The summed E-state index contributed by atoms with van der Waals surface area (Å²) in [6.45, 7) is 13.5. The summed E-state index contributed by atoms with van der Waals surface area (Å²) in [7, 11) is 1.72. The lowest BCUT2D eigenvalue weighted by molar-refractivity contribution is 0.137. The molecule has 1 unspecified atom stereocenters. The van der Waals surface area contributed by atoms with Crippen LogP contribution in [0.4, 0.5) is 0 Å². The summed E-state index contributed by atoms with van der Waals surface area (Å²) >= 11 is 0. The van der Waals surface area contributed by atoms with Crippen molar-refractivity contribution in [2.75, 3.05) is 20.3 Å². The highest BCUT2D eigenvalue weighted by Crippen LogP contribution is 2.33. The number of terminal acetylenes is 1. The van der Waals surface area contributed by atoms with Crippen molar-refractivity contribution in [2.24, 2.45) is 4.99 Å². The van der Waals surface area contributed by atoms with Crippen molar-refractivity contribution in [3.63, 3.8) is 0 Å². The number of nitrogens with one attached hydrogen (secondary N) is 1. The lowest BCUT2D eigenvalue weighted by atomic mass is 9.91. The number of benzene rings is 1. The number of ether oxygens (including phenoxy) is 2. The summed E-state index contributed by atoms with van der Waals surface area (Å²) in [5.74, 6) is 1.82. The molecule has 1 aromatic rings. The summed E-state index contributed by atoms with van der Waals surface area (Å²) in [6, 6.07) is 8.36. The molecule has 1 aliphatic carbocycles. The Bertz CT molecular complexity index is 853. The Labute approximate surface area is 202 Å². The van der Waals surface area contributed by atoms with Crippen LogP contribution >= 0.6 is 0 Å². The van der Waals surface area contributed by atoms with Crippen LogP contribution in [0.1, 0.15) is 59.9 Å². The van der Waals surface area contributed by atoms with E-state index in [-0.39, 0.29) is 6.04 Å². The van der Waals surface area contributed by atoms with Gasteiger partial charge in [0.2, 0.25) is 0 Å². The second-order valence-corrected chi connectivity index (χ2v) is 7.43. The first-order valence-corrected chi connectivity index (χ1v) is 11.5. The third-order valence-corrected chi connectivity index (χ3v) is 4.82. The molecule has 0 spiro atoms. The van der Waals surface area contributed by atoms with Crippen LogP contribution in [-0.2, 0) is 4.74 Å². The SMILES string of the molecule is C#C.C/C=C\C.CCOCC(C)N=C(C)N/C=C(\C)C1=CCCC(c2ccccc2OC)=C1. The van der Waals surface area contributed by atoms with Crippen molar-refractivity contribution in [1.82, 2.24) is 5.32 Å². The number of para-hydroxylation sites is 1. The average Bonchev–Trinajstić information content (AvgIpc) is 2.87. The molecule has 0 saturated heterocycles. The molecule has 0 aromatic heterocycles. The largest absolute Gasteiger partial charge is 0.496 e. The number of aliphatic imine (C=N–C) groups is 1. The number of hydrogen-bond donors (Lipinski definition) is 1. The molecule has 1 N–H and O–H groups in total. The number of methoxy groups -OCH3 is 1. The van der Waals surface area contributed by atoms with Crippen LogP contribution in [0.25, 0.3) is 5.57 Å². The number of amidine groups is 1. The average molecular weight is 451 g/mol. The Morgan fingerprint density at radius 1 is 1.18 bits per heavy atom. The van der Waals surface area contributed by atoms with Gasteiger partial charge in [0.05, 0.1) is 25.6 Å². The zero-order valence-electron chi connectivity index (χ0n) is 21.5. The Morgan fingerprint density at radius 3 is 2.45 bits per heavy atom. The Balaban J connectivity index is 0.00000154. The van der Waals surface area contributed by atoms with Gasteiger partial charge in [-0.25, -0.2) is 0 Å². The van der Waals surface area contributed by atoms with Gasteiger partial charge < -0.3 is 14.8 Å². The van der Waals surface area contributed by atoms with Crippen molar-refractivity contribution in [3.8, 4) is 18.6 Å². The minimum absolute atomic E-state index is 0.150. The first kappa shape index (κ1) is 30.0. The van der Waals surface area contributed by atoms with E-state index >= 15 is 0 Å². The van der Waals surface area contributed by atoms with E-state index in [1.54, 1.807) is 7.11 Å². The smallest absolute Gasteiger partial charge is 0.126 e. The van der Waals surface area contributed by atoms with E-state index < -0.39 is 0 Å². The first-order valence-electron chi connectivity index (χ1n) is 11.5. The van der Waals surface area contributed by atoms with E-state index in [0.717, 1.165) is 31.0 Å². The normalized spacial score (nSPS) is 14.7. The number of allylic oxidation sites excluding steroid dienone is 7. The fourth-order valence-corrected chi connectivity index (χ4v) is 3.09. The van der Waals surface area contributed by atoms with Gasteiger partial charge in [-0.15, -0.1) is 12.8 Å². The van der Waals surface area contributed by atoms with Gasteiger partial charge in [-0.3, -0.25) is 4.99 Å². The maximum atomic E-state index is 5.52. The zero-order chi connectivity index (χ0) is 25.1. The molecule has 0 amide bonds. The summed E-state index contributed by atoms with van der Waals surface area (Å²) in [5, 5.41) is 3.30. The summed E-state index contributed by atoms with van der Waals surface area (Å²) in [5.41, 5.74) is 4.92. The number of rotatable bonds is 8. The van der Waals surface area contributed by atoms with Gasteiger partial charge in [-0.2, -0.15) is 0 Å². The molecule has 4 nitrogen and oxygen atoms in total. The van der Waals surface area contributed by atoms with Gasteiger partial charge in [-0.1, -0.05) is 42.5 Å². The summed E-state index contributed by atoms with van der Waals surface area (Å²) < 4.78 is 10.9. The van der Waals surface area contributed by atoms with Gasteiger partial charge >= 0.3 is 0 Å². The molecule has 0 radical (unpaired) electrons. The Morgan fingerprint density at radius 2 is 1.85 bits per heavy atom. The monoisotopic (exact) mass is 450 g/mol. The van der Waals surface area contributed by atoms with E-state index in [1.165, 1.54) is 22.3 Å². The van der Waals surface area contributed by atoms with Crippen LogP contribution < -0.4 is 10.1 Å². The standard InChI is InChI=1S/C23H32N2O2.C4H8.C2H2/c1-6-27-16-18(3)25-19(4)24-15-17(2)20-10-9-11-21(14-20)22-12-7-8-13-23(22)26-5;1-3-4-2;1-2/h7-8,10,12-15,18H,6,9,11,16H2,1-5H3,(H,24,25);3-4H,1-2H3;1-2H/b17-15+;4-3-;. The lowest BCUT2D eigenvalue weighted by Crippen LogP contribution is -2.19. The van der Waals surface area contributed by atoms with Crippen LogP contribution in [0, 0.1) is 12.8 Å². The molecule has 0 aliphatic heterocycles. The van der Waals surface area contributed by atoms with Gasteiger partial charge in [0.25, 0.3) is 0 Å². The third-order valence-electron chi connectivity index (χ3n) is 4.82. The molecule has 4 heteroatoms. The van der Waals surface area contributed by atoms with Crippen molar-refractivity contribution >= 4 is 11.4 Å². The minimum atomic E-state index is 0.150. The second-order valence-electron chi connectivity index (χ2n) is 7.43. The van der Waals surface area contributed by atoms with Crippen molar-refractivity contribution in [1.29, 1.82) is 0 Å². The fourth-order valence-electron chi connectivity index (χ4n) is 3.09. The summed E-state index contributed by atoms with van der Waals surface area (Å²) in [6.07, 6.45) is 20.6. The fraction of sp³-hybridized carbons (Fsp3) is 0.414. The van der Waals surface area contributed by atoms with Crippen molar-refractivity contribution < 1.29 is 9.47 Å². The van der Waals surface area contributed by atoms with Crippen molar-refractivity contribution in [3.05, 3.63) is 71.5 Å². The highest BCUT2D eigenvalue weighted by molar-refractivity contribution is 5.81. The third kappa shape index (κ3) is 12.0. The Kier molecular flexibility index (Phi) is 16.8. The van der Waals surface area contributed by atoms with E-state index in [9.17, 15) is 0 Å². The molecule has 0 saturated carbocycles. The first-order chi connectivity index (χ1) is 16.0. The van der Waals surface area contributed by atoms with E-state index in [1.807, 2.05) is 58.2 Å². The number of nitrogens with zero attached hydrogens (tertiary/aromatic N) is 1. The topological polar surface area (TPSA) is 42.8 Å². The van der Waals surface area contributed by atoms with E-state index in [2.05, 4.69) is 61.3 Å². The van der Waals surface area contributed by atoms with Crippen LogP contribution in [0.2, 0.25) is 0 Å². The molecule has 1 aromatic carbocycles. The van der Waals surface area contributed by atoms with Crippen LogP contribution in [0.15, 0.2) is 70.9 Å². The predicted octanol–water partition coefficient (Wildman–Crippen LogP) is 6.97. The van der Waals surface area contributed by atoms with Crippen LogP contribution in [0.5, 0.6) is 5.75 Å². The molecule has 33 heavy (non-hydrogen) atoms. The van der Waals surface area contributed by atoms with E-state index in [0.29, 0.717) is 6.61 Å². The predicted molar refractivity (Wildman–Crippen MR) is 145 cm³/mol. The minimum Gasteiger partial charge on any atom is -0.496 e. The zero-order valence-corrected chi connectivity index (χ0v) is 21.5. The molecule has 0 bridgehead atoms. The maximum absolute atomic E-state index is 5.52. The lowest BCUT2D eigenvalue weighted by Gasteiger charge is -2.17. The Hall–Kier alpha value is -3.03. The van der Waals surface area contributed by atoms with Gasteiger partial charge in [-0.05, 0) is 77.2 Å². The van der Waals surface area contributed by atoms with Crippen LogP contribution in [0.3, 0.4) is 0 Å². The van der Waals surface area contributed by atoms with Crippen LogP contribution in [-0.4, -0.2) is 32.2 Å². The maximum Gasteiger partial charge on any atom is 0.126 e. The van der Waals surface area contributed by atoms with Crippen molar-refractivity contribution in [2.45, 2.75) is 60.4 Å². The quantitative estimate of drug-likeness (QED) is 0.201. The highest BCUT2D eigenvalue weighted by Gasteiger charge is 2.12. The summed E-state index contributed by atoms with van der Waals surface area (Å²) in [4.78, 5) is 4.60. The molecular formula is C29H42N2O2. The molecule has 0 heterocycles. The molecule has 1 aliphatic rings. The van der Waals surface area contributed by atoms with Gasteiger partial charge in [0.15, 0.2) is 0 Å². The van der Waals surface area contributed by atoms with Gasteiger partial charge in [0, 0.05) is 18.4 Å². The second kappa shape index (κ2) is 18.5. The molecule has 0 fully saturated rings. The number of hydrogen-bond acceptors (Lipinski definition) is 3. The van der Waals surface area contributed by atoms with E-state index in [4.69, 9.17) is 9.47 Å². The molecule has 2 rings (SSSR count). The highest BCUT2D eigenvalue weighted by atomic mass is 16.5. The van der Waals surface area contributed by atoms with Gasteiger partial charge in [0.1, 0.15) is 5.75 Å². The molecular weight excluding hydrogens is 408 g/mol. The molecule has 180 valence electrons.